The number of nitro groups is 1. The lowest BCUT2D eigenvalue weighted by molar-refractivity contribution is -0.383. The monoisotopic (exact) mass is 476 g/mol. The molecule has 8 nitrogen and oxygen atoms in total. The number of carbonyl (C=O) groups excluding carboxylic acids is 1. The van der Waals surface area contributed by atoms with Gasteiger partial charge in [-0.25, -0.2) is 0 Å². The summed E-state index contributed by atoms with van der Waals surface area (Å²) in [7, 11) is 0. The fraction of sp³-hybridized carbons (Fsp3) is 0.407. The number of nitrogens with zero attached hydrogens (tertiary/aromatic N) is 4. The number of amides is 1. The Hall–Kier alpha value is -3.68. The Morgan fingerprint density at radius 2 is 1.74 bits per heavy atom. The van der Waals surface area contributed by atoms with Crippen LogP contribution in [0.2, 0.25) is 0 Å². The molecular weight excluding hydrogens is 444 g/mol. The average Bonchev–Trinajstić information content (AvgIpc) is 2.85. The predicted octanol–water partition coefficient (Wildman–Crippen LogP) is 4.95. The molecule has 0 atom stereocenters. The number of carbonyl (C=O) groups is 1. The van der Waals surface area contributed by atoms with E-state index in [0.29, 0.717) is 51.0 Å². The number of rotatable bonds is 7. The van der Waals surface area contributed by atoms with Crippen LogP contribution in [0.3, 0.4) is 0 Å². The molecule has 1 fully saturated rings. The summed E-state index contributed by atoms with van der Waals surface area (Å²) < 4.78 is 5.82. The lowest BCUT2D eigenvalue weighted by Gasteiger charge is -2.36. The number of fused-ring (bicyclic) bond motifs is 1. The molecule has 8 heteroatoms. The molecule has 0 unspecified atom stereocenters. The van der Waals surface area contributed by atoms with Gasteiger partial charge < -0.3 is 14.5 Å². The summed E-state index contributed by atoms with van der Waals surface area (Å²) in [5, 5.41) is 12.7. The molecule has 184 valence electrons. The van der Waals surface area contributed by atoms with Gasteiger partial charge in [-0.15, -0.1) is 0 Å². The molecule has 0 aliphatic carbocycles. The number of piperazine rings is 1. The number of aromatic nitrogens is 1. The van der Waals surface area contributed by atoms with Crippen molar-refractivity contribution < 1.29 is 14.5 Å². The van der Waals surface area contributed by atoms with E-state index in [4.69, 9.17) is 4.74 Å². The van der Waals surface area contributed by atoms with Gasteiger partial charge in [-0.2, -0.15) is 0 Å². The van der Waals surface area contributed by atoms with E-state index in [0.717, 1.165) is 16.8 Å². The minimum absolute atomic E-state index is 0.0537. The third-order valence-electron chi connectivity index (χ3n) is 6.47. The zero-order valence-corrected chi connectivity index (χ0v) is 20.6. The van der Waals surface area contributed by atoms with Gasteiger partial charge in [0.2, 0.25) is 5.91 Å². The number of pyridine rings is 1. The number of nitro benzene ring substituents is 1. The maximum Gasteiger partial charge on any atom is 0.278 e. The lowest BCUT2D eigenvalue weighted by Crippen LogP contribution is -2.48. The minimum Gasteiger partial charge on any atom is -0.494 e. The molecule has 0 N–H and O–H groups in total. The molecular formula is C27H32N4O4. The molecule has 0 saturated carbocycles. The van der Waals surface area contributed by atoms with E-state index in [1.807, 2.05) is 23.1 Å². The van der Waals surface area contributed by atoms with Crippen molar-refractivity contribution in [3.8, 4) is 5.75 Å². The number of ether oxygens (including phenoxy) is 1. The molecule has 1 amide bonds. The van der Waals surface area contributed by atoms with Crippen LogP contribution in [0.25, 0.3) is 10.8 Å². The first-order valence-electron chi connectivity index (χ1n) is 12.0. The first-order chi connectivity index (χ1) is 16.7. The maximum absolute atomic E-state index is 12.7. The van der Waals surface area contributed by atoms with Gasteiger partial charge in [-0.3, -0.25) is 19.9 Å². The van der Waals surface area contributed by atoms with E-state index >= 15 is 0 Å². The molecule has 1 aliphatic heterocycles. The molecule has 4 rings (SSSR count). The molecule has 2 heterocycles. The van der Waals surface area contributed by atoms with Crippen LogP contribution in [0.4, 0.5) is 11.4 Å². The van der Waals surface area contributed by atoms with Crippen molar-refractivity contribution in [2.45, 2.75) is 39.0 Å². The van der Waals surface area contributed by atoms with Gasteiger partial charge in [0.1, 0.15) is 5.75 Å². The highest BCUT2D eigenvalue weighted by Crippen LogP contribution is 2.33. The fourth-order valence-corrected chi connectivity index (χ4v) is 4.41. The van der Waals surface area contributed by atoms with Gasteiger partial charge >= 0.3 is 0 Å². The number of benzene rings is 2. The van der Waals surface area contributed by atoms with Gasteiger partial charge in [0, 0.05) is 62.1 Å². The van der Waals surface area contributed by atoms with Crippen LogP contribution in [0.15, 0.2) is 54.9 Å². The third-order valence-corrected chi connectivity index (χ3v) is 6.47. The summed E-state index contributed by atoms with van der Waals surface area (Å²) in [6.45, 7) is 9.65. The second-order valence-corrected chi connectivity index (χ2v) is 9.88. The average molecular weight is 477 g/mol. The standard InChI is InChI=1S/C27H32N4O4/c1-27(2,3)20-6-8-21(9-7-20)35-18-4-5-26(32)30-16-14-29(15-17-30)24-10-11-25(31(33)34)23-19-28-13-12-22(23)24/h6-13,19H,4-5,14-18H2,1-3H3. The second-order valence-electron chi connectivity index (χ2n) is 9.88. The van der Waals surface area contributed by atoms with Gasteiger partial charge in [0.05, 0.1) is 16.9 Å². The Bertz CT molecular complexity index is 1200. The topological polar surface area (TPSA) is 88.8 Å². The molecule has 1 aromatic heterocycles. The SMILES string of the molecule is CC(C)(C)c1ccc(OCCCC(=O)N2CCN(c3ccc([N+](=O)[O-])c4cnccc34)CC2)cc1. The number of non-ortho nitro benzene ring substituents is 1. The summed E-state index contributed by atoms with van der Waals surface area (Å²) in [6, 6.07) is 13.3. The first kappa shape index (κ1) is 24.4. The Morgan fingerprint density at radius 1 is 1.03 bits per heavy atom. The third kappa shape index (κ3) is 5.70. The smallest absolute Gasteiger partial charge is 0.278 e. The van der Waals surface area contributed by atoms with Crippen LogP contribution in [-0.4, -0.2) is 53.5 Å². The molecule has 3 aromatic rings. The molecule has 0 radical (unpaired) electrons. The summed E-state index contributed by atoms with van der Waals surface area (Å²) in [5.74, 6) is 0.957. The van der Waals surface area contributed by atoms with Crippen LogP contribution in [-0.2, 0) is 10.2 Å². The normalized spacial score (nSPS) is 14.3. The van der Waals surface area contributed by atoms with Crippen LogP contribution < -0.4 is 9.64 Å². The van der Waals surface area contributed by atoms with Crippen LogP contribution in [0.1, 0.15) is 39.2 Å². The maximum atomic E-state index is 12.7. The molecule has 1 saturated heterocycles. The first-order valence-corrected chi connectivity index (χ1v) is 12.0. The Morgan fingerprint density at radius 3 is 2.40 bits per heavy atom. The highest BCUT2D eigenvalue weighted by molar-refractivity contribution is 5.99. The van der Waals surface area contributed by atoms with E-state index in [-0.39, 0.29) is 21.9 Å². The molecule has 2 aromatic carbocycles. The Kier molecular flexibility index (Phi) is 7.19. The van der Waals surface area contributed by atoms with E-state index in [9.17, 15) is 14.9 Å². The van der Waals surface area contributed by atoms with Crippen molar-refractivity contribution in [1.29, 1.82) is 0 Å². The fourth-order valence-electron chi connectivity index (χ4n) is 4.41. The zero-order chi connectivity index (χ0) is 25.0. The van der Waals surface area contributed by atoms with E-state index in [1.54, 1.807) is 12.3 Å². The summed E-state index contributed by atoms with van der Waals surface area (Å²) >= 11 is 0. The van der Waals surface area contributed by atoms with Crippen LogP contribution in [0.5, 0.6) is 5.75 Å². The van der Waals surface area contributed by atoms with E-state index < -0.39 is 0 Å². The highest BCUT2D eigenvalue weighted by atomic mass is 16.6. The van der Waals surface area contributed by atoms with Crippen LogP contribution in [0, 0.1) is 10.1 Å². The Balaban J connectivity index is 1.27. The van der Waals surface area contributed by atoms with E-state index in [2.05, 4.69) is 42.8 Å². The lowest BCUT2D eigenvalue weighted by atomic mass is 9.87. The van der Waals surface area contributed by atoms with Crippen molar-refractivity contribution in [3.05, 3.63) is 70.5 Å². The zero-order valence-electron chi connectivity index (χ0n) is 20.6. The van der Waals surface area contributed by atoms with Crippen molar-refractivity contribution >= 4 is 28.1 Å². The molecule has 1 aliphatic rings. The predicted molar refractivity (Wildman–Crippen MR) is 137 cm³/mol. The highest BCUT2D eigenvalue weighted by Gasteiger charge is 2.24. The number of anilines is 1. The second kappa shape index (κ2) is 10.3. The van der Waals surface area contributed by atoms with E-state index in [1.165, 1.54) is 17.8 Å². The van der Waals surface area contributed by atoms with Crippen molar-refractivity contribution in [2.24, 2.45) is 0 Å². The molecule has 0 bridgehead atoms. The summed E-state index contributed by atoms with van der Waals surface area (Å²) in [4.78, 5) is 31.8. The van der Waals surface area contributed by atoms with Gasteiger partial charge in [-0.1, -0.05) is 32.9 Å². The summed E-state index contributed by atoms with van der Waals surface area (Å²) in [5.41, 5.74) is 2.36. The number of hydrogen-bond donors (Lipinski definition) is 0. The summed E-state index contributed by atoms with van der Waals surface area (Å²) in [6.07, 6.45) is 4.31. The Labute approximate surface area is 205 Å². The quantitative estimate of drug-likeness (QED) is 0.272. The van der Waals surface area contributed by atoms with Crippen molar-refractivity contribution in [3.63, 3.8) is 0 Å². The van der Waals surface area contributed by atoms with Gasteiger partial charge in [-0.05, 0) is 41.7 Å². The van der Waals surface area contributed by atoms with Gasteiger partial charge in [0.25, 0.3) is 5.69 Å². The van der Waals surface area contributed by atoms with Gasteiger partial charge in [0.15, 0.2) is 0 Å². The minimum atomic E-state index is -0.380. The van der Waals surface area contributed by atoms with Crippen LogP contribution >= 0.6 is 0 Å². The number of hydrogen-bond acceptors (Lipinski definition) is 6. The van der Waals surface area contributed by atoms with Crippen molar-refractivity contribution in [2.75, 3.05) is 37.7 Å². The molecule has 35 heavy (non-hydrogen) atoms. The largest absolute Gasteiger partial charge is 0.494 e. The van der Waals surface area contributed by atoms with Crippen molar-refractivity contribution in [1.82, 2.24) is 9.88 Å². The molecule has 0 spiro atoms.